The van der Waals surface area contributed by atoms with Crippen LogP contribution in [-0.4, -0.2) is 125 Å². The van der Waals surface area contributed by atoms with Crippen molar-refractivity contribution in [1.82, 2.24) is 34.7 Å². The van der Waals surface area contributed by atoms with Crippen molar-refractivity contribution >= 4 is 29.7 Å². The van der Waals surface area contributed by atoms with E-state index in [1.165, 1.54) is 12.3 Å². The molecule has 5 rings (SSSR count). The first-order valence-electron chi connectivity index (χ1n) is 14.3. The van der Waals surface area contributed by atoms with Crippen LogP contribution in [0.25, 0.3) is 11.4 Å². The summed E-state index contributed by atoms with van der Waals surface area (Å²) in [6, 6.07) is -0.0432. The predicted molar refractivity (Wildman–Crippen MR) is 152 cm³/mol. The molecule has 3 fully saturated rings. The zero-order chi connectivity index (χ0) is 30.5. The summed E-state index contributed by atoms with van der Waals surface area (Å²) in [4.78, 5) is 53.3. The summed E-state index contributed by atoms with van der Waals surface area (Å²) in [6.45, 7) is 10.2. The van der Waals surface area contributed by atoms with E-state index in [1.54, 1.807) is 9.80 Å². The second kappa shape index (κ2) is 13.5. The van der Waals surface area contributed by atoms with E-state index in [1.807, 2.05) is 16.7 Å². The maximum Gasteiger partial charge on any atom is 0.281 e. The molecular weight excluding hydrogens is 566 g/mol. The summed E-state index contributed by atoms with van der Waals surface area (Å²) < 4.78 is 39.1. The standard InChI is InChI=1S/C27H36F2N10O4/c1-3-20(40)38-5-4-18(13-38)15-43-16-21(41)36-6-8-37(9-7-36)26-33-24(19-12-31-25(30)32-22(19)23(28)29)34-27(35-26)39-10-11-42-14-17(39)2/h3,12,17-18,23H,1,4-11,13-16H2,2H3,(H2,30,31,32)/t17-,18+/m0/s1. The highest BCUT2D eigenvalue weighted by Gasteiger charge is 2.29. The SMILES string of the molecule is C=CC(=O)N1CC[C@@H](COCC(=O)N2CCN(c3nc(-c4cnc(N)nc4C(F)F)nc(N4CCOC[C@@H]4C)n3)CC2)C1. The van der Waals surface area contributed by atoms with Crippen LogP contribution in [0.4, 0.5) is 26.6 Å². The minimum absolute atomic E-state index is 0.0150. The lowest BCUT2D eigenvalue weighted by Crippen LogP contribution is -2.50. The third-order valence-electron chi connectivity index (χ3n) is 7.79. The number of alkyl halides is 2. The van der Waals surface area contributed by atoms with Crippen molar-refractivity contribution in [1.29, 1.82) is 0 Å². The lowest BCUT2D eigenvalue weighted by Gasteiger charge is -2.36. The van der Waals surface area contributed by atoms with Gasteiger partial charge in [0.15, 0.2) is 5.82 Å². The average Bonchev–Trinajstić information content (AvgIpc) is 3.49. The van der Waals surface area contributed by atoms with Crippen molar-refractivity contribution in [3.8, 4) is 11.4 Å². The number of piperazine rings is 1. The molecule has 0 radical (unpaired) electrons. The molecule has 0 bridgehead atoms. The van der Waals surface area contributed by atoms with Gasteiger partial charge in [0, 0.05) is 57.9 Å². The summed E-state index contributed by atoms with van der Waals surface area (Å²) in [5.41, 5.74) is 4.99. The molecule has 5 heterocycles. The van der Waals surface area contributed by atoms with Crippen molar-refractivity contribution in [2.24, 2.45) is 5.92 Å². The Kier molecular flexibility index (Phi) is 9.55. The molecule has 232 valence electrons. The molecule has 43 heavy (non-hydrogen) atoms. The second-order valence-electron chi connectivity index (χ2n) is 10.7. The number of morpholine rings is 1. The highest BCUT2D eigenvalue weighted by molar-refractivity contribution is 5.87. The number of carbonyl (C=O) groups excluding carboxylic acids is 2. The van der Waals surface area contributed by atoms with Crippen LogP contribution in [0.15, 0.2) is 18.9 Å². The number of hydrogen-bond donors (Lipinski definition) is 1. The molecule has 2 N–H and O–H groups in total. The maximum atomic E-state index is 13.9. The Morgan fingerprint density at radius 2 is 1.88 bits per heavy atom. The summed E-state index contributed by atoms with van der Waals surface area (Å²) in [6.07, 6.45) is 0.422. The van der Waals surface area contributed by atoms with Gasteiger partial charge in [-0.2, -0.15) is 15.0 Å². The zero-order valence-electron chi connectivity index (χ0n) is 24.1. The number of likely N-dealkylation sites (tertiary alicyclic amines) is 1. The van der Waals surface area contributed by atoms with Crippen LogP contribution in [0.5, 0.6) is 0 Å². The van der Waals surface area contributed by atoms with E-state index in [9.17, 15) is 18.4 Å². The number of nitrogens with zero attached hydrogens (tertiary/aromatic N) is 9. The molecule has 0 spiro atoms. The van der Waals surface area contributed by atoms with E-state index < -0.39 is 12.1 Å². The third kappa shape index (κ3) is 7.13. The van der Waals surface area contributed by atoms with Crippen LogP contribution in [0.2, 0.25) is 0 Å². The topological polar surface area (TPSA) is 156 Å². The fourth-order valence-electron chi connectivity index (χ4n) is 5.37. The minimum atomic E-state index is -2.91. The van der Waals surface area contributed by atoms with E-state index in [0.717, 1.165) is 6.42 Å². The maximum absolute atomic E-state index is 13.9. The number of nitrogens with two attached hydrogens (primary N) is 1. The highest BCUT2D eigenvalue weighted by atomic mass is 19.3. The number of hydrogen-bond acceptors (Lipinski definition) is 12. The fraction of sp³-hybridized carbons (Fsp3) is 0.593. The zero-order valence-corrected chi connectivity index (χ0v) is 24.1. The monoisotopic (exact) mass is 602 g/mol. The Bertz CT molecular complexity index is 1330. The highest BCUT2D eigenvalue weighted by Crippen LogP contribution is 2.30. The molecule has 2 aromatic heterocycles. The number of aromatic nitrogens is 5. The first-order valence-corrected chi connectivity index (χ1v) is 14.3. The van der Waals surface area contributed by atoms with Gasteiger partial charge in [0.1, 0.15) is 12.3 Å². The smallest absolute Gasteiger partial charge is 0.281 e. The second-order valence-corrected chi connectivity index (χ2v) is 10.7. The first-order chi connectivity index (χ1) is 20.7. The van der Waals surface area contributed by atoms with Crippen LogP contribution < -0.4 is 15.5 Å². The third-order valence-corrected chi connectivity index (χ3v) is 7.79. The van der Waals surface area contributed by atoms with Crippen molar-refractivity contribution in [3.63, 3.8) is 0 Å². The number of rotatable bonds is 9. The van der Waals surface area contributed by atoms with Gasteiger partial charge in [-0.3, -0.25) is 9.59 Å². The Balaban J connectivity index is 1.26. The van der Waals surface area contributed by atoms with Crippen molar-refractivity contribution in [2.45, 2.75) is 25.8 Å². The first kappa shape index (κ1) is 30.4. The number of nitrogen functional groups attached to an aromatic ring is 1. The normalized spacial score (nSPS) is 21.0. The molecule has 3 saturated heterocycles. The summed E-state index contributed by atoms with van der Waals surface area (Å²) in [5.74, 6) is 0.348. The lowest BCUT2D eigenvalue weighted by molar-refractivity contribution is -0.137. The quantitative estimate of drug-likeness (QED) is 0.403. The molecule has 0 saturated carbocycles. The van der Waals surface area contributed by atoms with Crippen molar-refractivity contribution in [3.05, 3.63) is 24.5 Å². The van der Waals surface area contributed by atoms with Crippen LogP contribution in [0.3, 0.4) is 0 Å². The molecule has 2 amide bonds. The van der Waals surface area contributed by atoms with E-state index >= 15 is 0 Å². The van der Waals surface area contributed by atoms with Gasteiger partial charge in [0.05, 0.1) is 31.4 Å². The van der Waals surface area contributed by atoms with E-state index in [2.05, 4.69) is 26.5 Å². The van der Waals surface area contributed by atoms with Gasteiger partial charge in [0.25, 0.3) is 6.43 Å². The minimum Gasteiger partial charge on any atom is -0.377 e. The molecular formula is C27H36F2N10O4. The van der Waals surface area contributed by atoms with E-state index in [0.29, 0.717) is 77.5 Å². The Hall–Kier alpha value is -4.05. The molecule has 16 heteroatoms. The Morgan fingerprint density at radius 1 is 1.12 bits per heavy atom. The number of amides is 2. The van der Waals surface area contributed by atoms with Crippen molar-refractivity contribution < 1.29 is 27.8 Å². The van der Waals surface area contributed by atoms with Crippen LogP contribution in [0.1, 0.15) is 25.5 Å². The fourth-order valence-corrected chi connectivity index (χ4v) is 5.37. The van der Waals surface area contributed by atoms with Crippen LogP contribution in [0, 0.1) is 5.92 Å². The van der Waals surface area contributed by atoms with Crippen LogP contribution in [-0.2, 0) is 19.1 Å². The summed E-state index contributed by atoms with van der Waals surface area (Å²) in [5, 5.41) is 0. The molecule has 0 aliphatic carbocycles. The number of anilines is 3. The van der Waals surface area contributed by atoms with E-state index in [4.69, 9.17) is 20.2 Å². The Labute approximate surface area is 247 Å². The van der Waals surface area contributed by atoms with Crippen LogP contribution >= 0.6 is 0 Å². The van der Waals surface area contributed by atoms with Gasteiger partial charge < -0.3 is 34.8 Å². The number of ether oxygens (including phenoxy) is 2. The van der Waals surface area contributed by atoms with Crippen molar-refractivity contribution in [2.75, 3.05) is 87.8 Å². The average molecular weight is 603 g/mol. The molecule has 2 aromatic rings. The van der Waals surface area contributed by atoms with Gasteiger partial charge in [-0.05, 0) is 19.4 Å². The molecule has 0 aromatic carbocycles. The lowest BCUT2D eigenvalue weighted by atomic mass is 10.1. The van der Waals surface area contributed by atoms with E-state index in [-0.39, 0.29) is 47.7 Å². The molecule has 0 unspecified atom stereocenters. The summed E-state index contributed by atoms with van der Waals surface area (Å²) in [7, 11) is 0. The number of halogens is 2. The van der Waals surface area contributed by atoms with Gasteiger partial charge >= 0.3 is 0 Å². The Morgan fingerprint density at radius 3 is 2.60 bits per heavy atom. The number of carbonyl (C=O) groups is 2. The molecule has 3 aliphatic heterocycles. The largest absolute Gasteiger partial charge is 0.377 e. The molecule has 14 nitrogen and oxygen atoms in total. The van der Waals surface area contributed by atoms with Gasteiger partial charge in [-0.15, -0.1) is 0 Å². The predicted octanol–water partition coefficient (Wildman–Crippen LogP) is 0.773. The molecule has 2 atom stereocenters. The summed E-state index contributed by atoms with van der Waals surface area (Å²) >= 11 is 0. The van der Waals surface area contributed by atoms with Gasteiger partial charge in [-0.25, -0.2) is 18.7 Å². The van der Waals surface area contributed by atoms with Gasteiger partial charge in [-0.1, -0.05) is 6.58 Å². The molecule has 3 aliphatic rings. The van der Waals surface area contributed by atoms with Gasteiger partial charge in [0.2, 0.25) is 29.7 Å².